The van der Waals surface area contributed by atoms with Crippen molar-refractivity contribution in [2.24, 2.45) is 5.92 Å². The van der Waals surface area contributed by atoms with Crippen molar-refractivity contribution in [2.75, 3.05) is 24.3 Å². The van der Waals surface area contributed by atoms with Crippen LogP contribution in [-0.2, 0) is 21.1 Å². The molecule has 0 spiro atoms. The molecule has 0 radical (unpaired) electrons. The van der Waals surface area contributed by atoms with Crippen LogP contribution in [0.15, 0.2) is 12.3 Å². The van der Waals surface area contributed by atoms with E-state index in [4.69, 9.17) is 4.74 Å². The smallest absolute Gasteiger partial charge is 0.421 e. The zero-order valence-corrected chi connectivity index (χ0v) is 14.9. The Bertz CT molecular complexity index is 970. The molecule has 5 rings (SSSR count). The SMILES string of the molecule is CNc1nc(Nc2cc([C@]34CC3COC4=O)nn2C2CC2)ncc1C(F)(F)F. The van der Waals surface area contributed by atoms with Crippen LogP contribution in [0.2, 0.25) is 0 Å². The highest BCUT2D eigenvalue weighted by atomic mass is 19.4. The molecule has 3 aliphatic rings. The molecular weight excluding hydrogens is 377 g/mol. The van der Waals surface area contributed by atoms with Gasteiger partial charge >= 0.3 is 12.1 Å². The predicted molar refractivity (Wildman–Crippen MR) is 91.1 cm³/mol. The van der Waals surface area contributed by atoms with E-state index in [0.29, 0.717) is 24.5 Å². The number of rotatable bonds is 5. The molecule has 0 amide bonds. The summed E-state index contributed by atoms with van der Waals surface area (Å²) >= 11 is 0. The number of fused-ring (bicyclic) bond motifs is 1. The van der Waals surface area contributed by atoms with Gasteiger partial charge in [-0.05, 0) is 19.3 Å². The summed E-state index contributed by atoms with van der Waals surface area (Å²) in [6.45, 7) is 0.408. The third-order valence-corrected chi connectivity index (χ3v) is 5.54. The molecule has 2 aromatic heterocycles. The third kappa shape index (κ3) is 2.52. The molecule has 2 aromatic rings. The number of nitrogens with zero attached hydrogens (tertiary/aromatic N) is 4. The van der Waals surface area contributed by atoms with Crippen molar-refractivity contribution < 1.29 is 22.7 Å². The number of hydrogen-bond acceptors (Lipinski definition) is 7. The van der Waals surface area contributed by atoms with E-state index < -0.39 is 17.2 Å². The second-order valence-electron chi connectivity index (χ2n) is 7.39. The fraction of sp³-hybridized carbons (Fsp3) is 0.529. The molecule has 11 heteroatoms. The van der Waals surface area contributed by atoms with E-state index in [0.717, 1.165) is 19.0 Å². The molecule has 3 heterocycles. The summed E-state index contributed by atoms with van der Waals surface area (Å²) < 4.78 is 46.0. The Kier molecular flexibility index (Phi) is 3.44. The van der Waals surface area contributed by atoms with Crippen molar-refractivity contribution in [2.45, 2.75) is 36.9 Å². The van der Waals surface area contributed by atoms with Gasteiger partial charge in [-0.2, -0.15) is 23.3 Å². The molecule has 1 saturated heterocycles. The molecule has 8 nitrogen and oxygen atoms in total. The van der Waals surface area contributed by atoms with E-state index in [2.05, 4.69) is 25.7 Å². The first-order chi connectivity index (χ1) is 13.3. The number of ether oxygens (including phenoxy) is 1. The highest BCUT2D eigenvalue weighted by molar-refractivity contribution is 5.89. The molecule has 1 aliphatic heterocycles. The molecule has 2 aliphatic carbocycles. The largest absolute Gasteiger partial charge is 0.465 e. The topological polar surface area (TPSA) is 94.0 Å². The highest BCUT2D eigenvalue weighted by Crippen LogP contribution is 2.59. The number of anilines is 3. The van der Waals surface area contributed by atoms with Crippen molar-refractivity contribution in [3.63, 3.8) is 0 Å². The lowest BCUT2D eigenvalue weighted by atomic mass is 10.0. The number of hydrogen-bond donors (Lipinski definition) is 2. The van der Waals surface area contributed by atoms with Crippen LogP contribution in [0.25, 0.3) is 0 Å². The van der Waals surface area contributed by atoms with Gasteiger partial charge in [0.05, 0.1) is 18.3 Å². The van der Waals surface area contributed by atoms with Crippen LogP contribution in [0, 0.1) is 5.92 Å². The third-order valence-electron chi connectivity index (χ3n) is 5.54. The summed E-state index contributed by atoms with van der Waals surface area (Å²) in [6.07, 6.45) is -1.20. The quantitative estimate of drug-likeness (QED) is 0.753. The predicted octanol–water partition coefficient (Wildman–Crippen LogP) is 2.63. The van der Waals surface area contributed by atoms with Gasteiger partial charge in [-0.3, -0.25) is 4.79 Å². The Labute approximate surface area is 157 Å². The Morgan fingerprint density at radius 1 is 1.36 bits per heavy atom. The number of esters is 1. The first-order valence-electron chi connectivity index (χ1n) is 8.99. The minimum absolute atomic E-state index is 0.0181. The summed E-state index contributed by atoms with van der Waals surface area (Å²) in [7, 11) is 1.37. The number of aromatic nitrogens is 4. The average Bonchev–Trinajstić information content (AvgIpc) is 3.56. The molecular formula is C17H17F3N6O2. The molecule has 2 N–H and O–H groups in total. The molecule has 0 bridgehead atoms. The Balaban J connectivity index is 1.48. The molecule has 148 valence electrons. The van der Waals surface area contributed by atoms with Crippen LogP contribution in [0.5, 0.6) is 0 Å². The van der Waals surface area contributed by atoms with Gasteiger partial charge in [-0.1, -0.05) is 0 Å². The van der Waals surface area contributed by atoms with Gasteiger partial charge in [0.1, 0.15) is 22.6 Å². The summed E-state index contributed by atoms with van der Waals surface area (Å²) in [5, 5.41) is 10.0. The Morgan fingerprint density at radius 2 is 2.14 bits per heavy atom. The lowest BCUT2D eigenvalue weighted by Gasteiger charge is -2.13. The zero-order chi connectivity index (χ0) is 19.7. The standard InChI is InChI=1S/C17H17F3N6O2/c1-21-13-10(17(18,19)20)6-22-15(24-13)23-12-4-11(25-26(12)9-2-3-9)16-5-8(16)7-28-14(16)27/h4,6,8-9H,2-3,5,7H2,1H3,(H2,21,22,23,24)/t8?,16-/m0/s1. The highest BCUT2D eigenvalue weighted by Gasteiger charge is 2.68. The van der Waals surface area contributed by atoms with E-state index in [1.807, 2.05) is 0 Å². The van der Waals surface area contributed by atoms with Crippen LogP contribution in [0.1, 0.15) is 36.6 Å². The van der Waals surface area contributed by atoms with Crippen molar-refractivity contribution >= 4 is 23.6 Å². The van der Waals surface area contributed by atoms with Gasteiger partial charge in [0.25, 0.3) is 0 Å². The van der Waals surface area contributed by atoms with E-state index in [-0.39, 0.29) is 29.7 Å². The summed E-state index contributed by atoms with van der Waals surface area (Å²) in [5.41, 5.74) is -0.978. The maximum absolute atomic E-state index is 13.0. The van der Waals surface area contributed by atoms with Crippen LogP contribution in [0.3, 0.4) is 0 Å². The summed E-state index contributed by atoms with van der Waals surface area (Å²) in [4.78, 5) is 19.9. The molecule has 3 fully saturated rings. The van der Waals surface area contributed by atoms with Gasteiger partial charge in [0.15, 0.2) is 0 Å². The lowest BCUT2D eigenvalue weighted by molar-refractivity contribution is -0.142. The second-order valence-corrected chi connectivity index (χ2v) is 7.39. The number of alkyl halides is 3. The maximum atomic E-state index is 13.0. The minimum Gasteiger partial charge on any atom is -0.465 e. The Hall–Kier alpha value is -2.85. The number of carbonyl (C=O) groups excluding carboxylic acids is 1. The normalized spacial score (nSPS) is 26.0. The van der Waals surface area contributed by atoms with E-state index in [1.54, 1.807) is 10.7 Å². The van der Waals surface area contributed by atoms with Crippen LogP contribution < -0.4 is 10.6 Å². The average molecular weight is 394 g/mol. The fourth-order valence-electron chi connectivity index (χ4n) is 3.76. The number of halogens is 3. The van der Waals surface area contributed by atoms with Crippen molar-refractivity contribution in [3.05, 3.63) is 23.5 Å². The monoisotopic (exact) mass is 394 g/mol. The number of nitrogens with one attached hydrogen (secondary N) is 2. The number of carbonyl (C=O) groups is 1. The molecule has 1 unspecified atom stereocenters. The van der Waals surface area contributed by atoms with Gasteiger partial charge in [-0.15, -0.1) is 0 Å². The van der Waals surface area contributed by atoms with Gasteiger partial charge < -0.3 is 15.4 Å². The molecule has 28 heavy (non-hydrogen) atoms. The van der Waals surface area contributed by atoms with Gasteiger partial charge in [0.2, 0.25) is 5.95 Å². The van der Waals surface area contributed by atoms with E-state index in [1.165, 1.54) is 7.05 Å². The van der Waals surface area contributed by atoms with Crippen LogP contribution in [-0.4, -0.2) is 39.4 Å². The van der Waals surface area contributed by atoms with Crippen LogP contribution in [0.4, 0.5) is 30.8 Å². The van der Waals surface area contributed by atoms with E-state index >= 15 is 0 Å². The van der Waals surface area contributed by atoms with Gasteiger partial charge in [-0.25, -0.2) is 9.67 Å². The van der Waals surface area contributed by atoms with Crippen LogP contribution >= 0.6 is 0 Å². The Morgan fingerprint density at radius 3 is 2.71 bits per heavy atom. The molecule has 0 aromatic carbocycles. The van der Waals surface area contributed by atoms with E-state index in [9.17, 15) is 18.0 Å². The lowest BCUT2D eigenvalue weighted by Crippen LogP contribution is -2.19. The first kappa shape index (κ1) is 17.3. The van der Waals surface area contributed by atoms with Crippen molar-refractivity contribution in [1.29, 1.82) is 0 Å². The maximum Gasteiger partial charge on any atom is 0.421 e. The minimum atomic E-state index is -4.55. The summed E-state index contributed by atoms with van der Waals surface area (Å²) in [6, 6.07) is 1.95. The van der Waals surface area contributed by atoms with Crippen molar-refractivity contribution in [3.8, 4) is 0 Å². The van der Waals surface area contributed by atoms with Gasteiger partial charge in [0, 0.05) is 25.2 Å². The number of cyclic esters (lactones) is 1. The summed E-state index contributed by atoms with van der Waals surface area (Å²) in [5.74, 6) is 0.146. The first-order valence-corrected chi connectivity index (χ1v) is 8.99. The van der Waals surface area contributed by atoms with Crippen molar-refractivity contribution in [1.82, 2.24) is 19.7 Å². The molecule has 2 saturated carbocycles. The molecule has 2 atom stereocenters. The fourth-order valence-corrected chi connectivity index (χ4v) is 3.76. The zero-order valence-electron chi connectivity index (χ0n) is 14.9. The second kappa shape index (κ2) is 5.58.